The van der Waals surface area contributed by atoms with Gasteiger partial charge in [0.25, 0.3) is 0 Å². The van der Waals surface area contributed by atoms with E-state index in [-0.39, 0.29) is 6.04 Å². The van der Waals surface area contributed by atoms with Gasteiger partial charge < -0.3 is 4.74 Å². The molecule has 3 heteroatoms. The minimum absolute atomic E-state index is 0.191. The van der Waals surface area contributed by atoms with Gasteiger partial charge in [0.05, 0.1) is 12.6 Å². The molecule has 0 amide bonds. The number of carbonyl (C=O) groups excluding carboxylic acids is 1. The van der Waals surface area contributed by atoms with Crippen LogP contribution in [0.4, 0.5) is 0 Å². The van der Waals surface area contributed by atoms with E-state index in [1.54, 1.807) is 7.11 Å². The van der Waals surface area contributed by atoms with Gasteiger partial charge in [-0.15, -0.1) is 0 Å². The first-order valence-electron chi connectivity index (χ1n) is 10.00. The third kappa shape index (κ3) is 4.79. The van der Waals surface area contributed by atoms with Crippen molar-refractivity contribution in [1.82, 2.24) is 4.90 Å². The van der Waals surface area contributed by atoms with E-state index in [4.69, 9.17) is 4.74 Å². The molecule has 2 rings (SSSR count). The van der Waals surface area contributed by atoms with Gasteiger partial charge in [-0.25, -0.2) is 0 Å². The highest BCUT2D eigenvalue weighted by atomic mass is 16.5. The average Bonchev–Trinajstić information content (AvgIpc) is 3.09. The van der Waals surface area contributed by atoms with Gasteiger partial charge in [-0.05, 0) is 44.1 Å². The molecule has 4 atom stereocenters. The molecular formula is C20H37NO2. The minimum Gasteiger partial charge on any atom is -0.383 e. The van der Waals surface area contributed by atoms with Crippen molar-refractivity contribution < 1.29 is 9.53 Å². The number of carbonyl (C=O) groups is 1. The van der Waals surface area contributed by atoms with Crippen LogP contribution in [0.15, 0.2) is 0 Å². The van der Waals surface area contributed by atoms with Crippen molar-refractivity contribution in [2.24, 2.45) is 11.8 Å². The second kappa shape index (κ2) is 9.78. The number of ether oxygens (including phenoxy) is 1. The molecule has 0 unspecified atom stereocenters. The number of hydrogen-bond acceptors (Lipinski definition) is 3. The molecular weight excluding hydrogens is 286 g/mol. The molecule has 0 spiro atoms. The van der Waals surface area contributed by atoms with E-state index in [1.165, 1.54) is 57.8 Å². The predicted octanol–water partition coefficient (Wildman–Crippen LogP) is 4.44. The summed E-state index contributed by atoms with van der Waals surface area (Å²) in [6.07, 6.45) is 12.2. The highest BCUT2D eigenvalue weighted by Gasteiger charge is 2.46. The number of ketones is 1. The number of unbranched alkanes of at least 4 members (excludes halogenated alkanes) is 3. The molecule has 3 nitrogen and oxygen atoms in total. The van der Waals surface area contributed by atoms with Crippen molar-refractivity contribution in [2.45, 2.75) is 90.1 Å². The Bertz CT molecular complexity index is 358. The molecule has 1 saturated heterocycles. The summed E-state index contributed by atoms with van der Waals surface area (Å²) in [6, 6.07) is 0.656. The van der Waals surface area contributed by atoms with Crippen LogP contribution in [0.25, 0.3) is 0 Å². The molecule has 0 N–H and O–H groups in total. The highest BCUT2D eigenvalue weighted by Crippen LogP contribution is 2.41. The van der Waals surface area contributed by atoms with Gasteiger partial charge >= 0.3 is 0 Å². The Morgan fingerprint density at radius 2 is 1.96 bits per heavy atom. The summed E-state index contributed by atoms with van der Waals surface area (Å²) in [5.41, 5.74) is 0. The fourth-order valence-corrected chi connectivity index (χ4v) is 4.94. The summed E-state index contributed by atoms with van der Waals surface area (Å²) in [5, 5.41) is 0. The molecule has 0 aromatic heterocycles. The Kier molecular flexibility index (Phi) is 8.05. The van der Waals surface area contributed by atoms with E-state index >= 15 is 0 Å². The summed E-state index contributed by atoms with van der Waals surface area (Å²) < 4.78 is 5.42. The zero-order valence-electron chi connectivity index (χ0n) is 15.6. The molecule has 23 heavy (non-hydrogen) atoms. The first kappa shape index (κ1) is 18.9. The van der Waals surface area contributed by atoms with Crippen molar-refractivity contribution in [3.8, 4) is 0 Å². The molecule has 1 aliphatic carbocycles. The number of rotatable bonds is 10. The largest absolute Gasteiger partial charge is 0.383 e. The minimum atomic E-state index is 0.191. The molecule has 1 aliphatic heterocycles. The summed E-state index contributed by atoms with van der Waals surface area (Å²) in [4.78, 5) is 15.3. The van der Waals surface area contributed by atoms with E-state index in [1.807, 2.05) is 0 Å². The highest BCUT2D eigenvalue weighted by molar-refractivity contribution is 5.87. The van der Waals surface area contributed by atoms with Gasteiger partial charge in [0, 0.05) is 19.6 Å². The standard InChI is InChI=1S/C20H37NO2/c1-4-6-7-8-12-18-16(10-5-2)14-19(22)20(18)21-13-9-11-17(21)15-23-3/h16-18,20H,4-15H2,1-3H3/t16-,17-,18-,20-/m0/s1. The van der Waals surface area contributed by atoms with Crippen LogP contribution in [0.1, 0.15) is 78.1 Å². The van der Waals surface area contributed by atoms with E-state index in [9.17, 15) is 4.79 Å². The maximum absolute atomic E-state index is 12.8. The Balaban J connectivity index is 2.04. The summed E-state index contributed by atoms with van der Waals surface area (Å²) in [6.45, 7) is 6.40. The van der Waals surface area contributed by atoms with Crippen molar-refractivity contribution in [3.05, 3.63) is 0 Å². The van der Waals surface area contributed by atoms with Crippen LogP contribution in [0.3, 0.4) is 0 Å². The number of nitrogens with zero attached hydrogens (tertiary/aromatic N) is 1. The van der Waals surface area contributed by atoms with E-state index in [2.05, 4.69) is 18.7 Å². The fourth-order valence-electron chi connectivity index (χ4n) is 4.94. The monoisotopic (exact) mass is 323 g/mol. The van der Waals surface area contributed by atoms with Gasteiger partial charge in [0.1, 0.15) is 0 Å². The lowest BCUT2D eigenvalue weighted by molar-refractivity contribution is -0.123. The molecule has 2 aliphatic rings. The normalized spacial score (nSPS) is 32.0. The summed E-state index contributed by atoms with van der Waals surface area (Å²) in [7, 11) is 1.79. The zero-order chi connectivity index (χ0) is 16.7. The maximum Gasteiger partial charge on any atom is 0.150 e. The first-order valence-corrected chi connectivity index (χ1v) is 10.00. The molecule has 1 saturated carbocycles. The lowest BCUT2D eigenvalue weighted by Gasteiger charge is -2.34. The van der Waals surface area contributed by atoms with Gasteiger partial charge in [-0.3, -0.25) is 9.69 Å². The van der Waals surface area contributed by atoms with E-state index < -0.39 is 0 Å². The number of methoxy groups -OCH3 is 1. The quantitative estimate of drug-likeness (QED) is 0.557. The van der Waals surface area contributed by atoms with Crippen molar-refractivity contribution in [3.63, 3.8) is 0 Å². The predicted molar refractivity (Wildman–Crippen MR) is 95.7 cm³/mol. The van der Waals surface area contributed by atoms with Crippen LogP contribution in [0.2, 0.25) is 0 Å². The summed E-state index contributed by atoms with van der Waals surface area (Å²) in [5.74, 6) is 1.74. The lowest BCUT2D eigenvalue weighted by Crippen LogP contribution is -2.47. The maximum atomic E-state index is 12.8. The van der Waals surface area contributed by atoms with Crippen LogP contribution in [0.5, 0.6) is 0 Å². The number of Topliss-reactive ketones (excluding diaryl/α,β-unsaturated/α-hetero) is 1. The zero-order valence-corrected chi connectivity index (χ0v) is 15.6. The Morgan fingerprint density at radius 1 is 1.13 bits per heavy atom. The summed E-state index contributed by atoms with van der Waals surface area (Å²) >= 11 is 0. The Morgan fingerprint density at radius 3 is 2.65 bits per heavy atom. The second-order valence-electron chi connectivity index (χ2n) is 7.67. The first-order chi connectivity index (χ1) is 11.2. The van der Waals surface area contributed by atoms with Crippen molar-refractivity contribution in [1.29, 1.82) is 0 Å². The van der Waals surface area contributed by atoms with Crippen molar-refractivity contribution in [2.75, 3.05) is 20.3 Å². The Labute approximate surface area is 143 Å². The molecule has 0 radical (unpaired) electrons. The van der Waals surface area contributed by atoms with Crippen LogP contribution >= 0.6 is 0 Å². The van der Waals surface area contributed by atoms with E-state index in [0.717, 1.165) is 19.6 Å². The van der Waals surface area contributed by atoms with Crippen LogP contribution in [-0.2, 0) is 9.53 Å². The van der Waals surface area contributed by atoms with Crippen LogP contribution in [0, 0.1) is 11.8 Å². The van der Waals surface area contributed by atoms with E-state index in [0.29, 0.717) is 23.7 Å². The third-order valence-electron chi connectivity index (χ3n) is 5.99. The Hall–Kier alpha value is -0.410. The molecule has 0 bridgehead atoms. The van der Waals surface area contributed by atoms with Crippen molar-refractivity contribution >= 4 is 5.78 Å². The van der Waals surface area contributed by atoms with Gasteiger partial charge in [0.15, 0.2) is 5.78 Å². The van der Waals surface area contributed by atoms with Crippen LogP contribution in [-0.4, -0.2) is 43.0 Å². The molecule has 1 heterocycles. The molecule has 134 valence electrons. The van der Waals surface area contributed by atoms with Gasteiger partial charge in [-0.1, -0.05) is 46.0 Å². The fraction of sp³-hybridized carbons (Fsp3) is 0.950. The molecule has 2 fully saturated rings. The third-order valence-corrected chi connectivity index (χ3v) is 5.99. The van der Waals surface area contributed by atoms with Gasteiger partial charge in [-0.2, -0.15) is 0 Å². The molecule has 0 aromatic rings. The number of likely N-dealkylation sites (tertiary alicyclic amines) is 1. The smallest absolute Gasteiger partial charge is 0.150 e. The molecule has 0 aromatic carbocycles. The topological polar surface area (TPSA) is 29.5 Å². The number of hydrogen-bond donors (Lipinski definition) is 0. The second-order valence-corrected chi connectivity index (χ2v) is 7.67. The lowest BCUT2D eigenvalue weighted by atomic mass is 9.85. The van der Waals surface area contributed by atoms with Gasteiger partial charge in [0.2, 0.25) is 0 Å². The SMILES string of the molecule is CCCCCC[C@H]1[C@@H](CCC)CC(=O)[C@H]1N1CCC[C@H]1COC. The average molecular weight is 324 g/mol. The van der Waals surface area contributed by atoms with Crippen LogP contribution < -0.4 is 0 Å².